The molecule has 2 rings (SSSR count). The largest absolute Gasteiger partial charge is 0.488 e. The number of halogens is 1. The van der Waals surface area contributed by atoms with Gasteiger partial charge < -0.3 is 9.84 Å². The van der Waals surface area contributed by atoms with Gasteiger partial charge in [0.25, 0.3) is 0 Å². The van der Waals surface area contributed by atoms with Gasteiger partial charge in [-0.15, -0.1) is 11.3 Å². The predicted molar refractivity (Wildman–Crippen MR) is 73.5 cm³/mol. The number of aryl methyl sites for hydroxylation is 1. The Morgan fingerprint density at radius 1 is 1.35 bits per heavy atom. The lowest BCUT2D eigenvalue weighted by molar-refractivity contribution is 0.259. The number of aliphatic hydroxyl groups excluding tert-OH is 1. The maximum Gasteiger partial charge on any atom is 0.125 e. The summed E-state index contributed by atoms with van der Waals surface area (Å²) in [5.74, 6) is 0.749. The molecule has 0 fully saturated rings. The summed E-state index contributed by atoms with van der Waals surface area (Å²) >= 11 is 5.12. The van der Waals surface area contributed by atoms with E-state index < -0.39 is 0 Å². The van der Waals surface area contributed by atoms with Crippen LogP contribution >= 0.6 is 27.3 Å². The lowest BCUT2D eigenvalue weighted by Crippen LogP contribution is -1.98. The Morgan fingerprint density at radius 2 is 2.18 bits per heavy atom. The molecular formula is C13H13BrO2S. The van der Waals surface area contributed by atoms with E-state index >= 15 is 0 Å². The summed E-state index contributed by atoms with van der Waals surface area (Å²) < 4.78 is 6.80. The van der Waals surface area contributed by atoms with Crippen molar-refractivity contribution in [1.29, 1.82) is 0 Å². The Morgan fingerprint density at radius 3 is 2.82 bits per heavy atom. The second-order valence-electron chi connectivity index (χ2n) is 3.75. The molecule has 0 unspecified atom stereocenters. The summed E-state index contributed by atoms with van der Waals surface area (Å²) in [6, 6.07) is 7.84. The van der Waals surface area contributed by atoms with Gasteiger partial charge in [0.05, 0.1) is 11.5 Å². The van der Waals surface area contributed by atoms with Gasteiger partial charge in [-0.25, -0.2) is 0 Å². The average Bonchev–Trinajstić information content (AvgIpc) is 2.73. The minimum Gasteiger partial charge on any atom is -0.488 e. The molecule has 0 aliphatic rings. The summed E-state index contributed by atoms with van der Waals surface area (Å²) in [4.78, 5) is 1.15. The van der Waals surface area contributed by atoms with Gasteiger partial charge in [0.2, 0.25) is 0 Å². The Balaban J connectivity index is 2.11. The second-order valence-corrected chi connectivity index (χ2v) is 5.60. The van der Waals surface area contributed by atoms with Crippen LogP contribution in [0.5, 0.6) is 5.75 Å². The lowest BCUT2D eigenvalue weighted by atomic mass is 10.1. The van der Waals surface area contributed by atoms with Gasteiger partial charge in [-0.05, 0) is 40.4 Å². The number of ether oxygens (including phenoxy) is 1. The molecule has 1 aromatic heterocycles. The third-order valence-electron chi connectivity index (χ3n) is 2.44. The van der Waals surface area contributed by atoms with Crippen LogP contribution in [-0.2, 0) is 13.2 Å². The van der Waals surface area contributed by atoms with E-state index in [1.54, 1.807) is 11.3 Å². The van der Waals surface area contributed by atoms with Crippen LogP contribution in [0.2, 0.25) is 0 Å². The summed E-state index contributed by atoms with van der Waals surface area (Å²) in [6.07, 6.45) is 0. The third-order valence-corrected chi connectivity index (χ3v) is 4.34. The van der Waals surface area contributed by atoms with E-state index in [1.807, 2.05) is 36.6 Å². The van der Waals surface area contributed by atoms with Gasteiger partial charge in [-0.1, -0.05) is 17.7 Å². The van der Waals surface area contributed by atoms with E-state index in [0.29, 0.717) is 6.61 Å². The van der Waals surface area contributed by atoms with Crippen LogP contribution in [0.25, 0.3) is 0 Å². The zero-order valence-electron chi connectivity index (χ0n) is 9.44. The van der Waals surface area contributed by atoms with Crippen molar-refractivity contribution < 1.29 is 9.84 Å². The molecule has 0 atom stereocenters. The molecule has 0 saturated heterocycles. The minimum atomic E-state index is 0.00260. The van der Waals surface area contributed by atoms with E-state index in [4.69, 9.17) is 4.74 Å². The van der Waals surface area contributed by atoms with Gasteiger partial charge in [-0.2, -0.15) is 0 Å². The number of hydrogen-bond acceptors (Lipinski definition) is 3. The van der Waals surface area contributed by atoms with Crippen molar-refractivity contribution in [1.82, 2.24) is 0 Å². The first-order chi connectivity index (χ1) is 8.20. The highest BCUT2D eigenvalue weighted by atomic mass is 79.9. The quantitative estimate of drug-likeness (QED) is 0.928. The van der Waals surface area contributed by atoms with Crippen molar-refractivity contribution in [3.8, 4) is 5.75 Å². The Hall–Kier alpha value is -0.840. The smallest absolute Gasteiger partial charge is 0.125 e. The monoisotopic (exact) mass is 312 g/mol. The first-order valence-electron chi connectivity index (χ1n) is 5.25. The Kier molecular flexibility index (Phi) is 4.20. The van der Waals surface area contributed by atoms with Crippen LogP contribution in [0, 0.1) is 6.92 Å². The van der Waals surface area contributed by atoms with Crippen LogP contribution in [0.4, 0.5) is 0 Å². The van der Waals surface area contributed by atoms with Crippen molar-refractivity contribution in [2.75, 3.05) is 0 Å². The average molecular weight is 313 g/mol. The fourth-order valence-corrected chi connectivity index (χ4v) is 2.92. The molecule has 1 aromatic carbocycles. The van der Waals surface area contributed by atoms with Crippen molar-refractivity contribution in [3.63, 3.8) is 0 Å². The highest BCUT2D eigenvalue weighted by Gasteiger charge is 2.06. The summed E-state index contributed by atoms with van der Waals surface area (Å²) in [7, 11) is 0. The molecule has 0 radical (unpaired) electrons. The molecular weight excluding hydrogens is 300 g/mol. The number of rotatable bonds is 4. The Bertz CT molecular complexity index is 508. The highest BCUT2D eigenvalue weighted by Crippen LogP contribution is 2.26. The van der Waals surface area contributed by atoms with Crippen molar-refractivity contribution in [3.05, 3.63) is 50.1 Å². The van der Waals surface area contributed by atoms with Crippen molar-refractivity contribution in [2.24, 2.45) is 0 Å². The van der Waals surface area contributed by atoms with Gasteiger partial charge >= 0.3 is 0 Å². The van der Waals surface area contributed by atoms with Crippen LogP contribution in [-0.4, -0.2) is 5.11 Å². The number of aliphatic hydroxyl groups is 1. The maximum atomic E-state index is 9.27. The number of hydrogen-bond donors (Lipinski definition) is 1. The summed E-state index contributed by atoms with van der Waals surface area (Å²) in [6.45, 7) is 2.52. The molecule has 0 amide bonds. The van der Waals surface area contributed by atoms with Gasteiger partial charge in [0, 0.05) is 10.0 Å². The molecule has 4 heteroatoms. The predicted octanol–water partition coefficient (Wildman–Crippen LogP) is 3.89. The van der Waals surface area contributed by atoms with E-state index in [1.165, 1.54) is 0 Å². The fourth-order valence-electron chi connectivity index (χ4n) is 1.54. The number of benzene rings is 1. The van der Waals surface area contributed by atoms with Crippen LogP contribution in [0.1, 0.15) is 16.0 Å². The second kappa shape index (κ2) is 5.67. The topological polar surface area (TPSA) is 29.5 Å². The zero-order valence-corrected chi connectivity index (χ0v) is 11.8. The molecule has 0 bridgehead atoms. The first-order valence-corrected chi connectivity index (χ1v) is 6.93. The van der Waals surface area contributed by atoms with Crippen LogP contribution in [0.3, 0.4) is 0 Å². The van der Waals surface area contributed by atoms with E-state index in [0.717, 1.165) is 26.2 Å². The molecule has 0 saturated carbocycles. The van der Waals surface area contributed by atoms with E-state index in [-0.39, 0.29) is 6.61 Å². The van der Waals surface area contributed by atoms with Crippen molar-refractivity contribution in [2.45, 2.75) is 20.1 Å². The molecule has 2 nitrogen and oxygen atoms in total. The SMILES string of the molecule is Cc1ccc(OCc2sccc2Br)c(CO)c1. The lowest BCUT2D eigenvalue weighted by Gasteiger charge is -2.10. The van der Waals surface area contributed by atoms with Crippen molar-refractivity contribution >= 4 is 27.3 Å². The molecule has 0 spiro atoms. The zero-order chi connectivity index (χ0) is 12.3. The molecule has 2 aromatic rings. The van der Waals surface area contributed by atoms with Gasteiger partial charge in [0.15, 0.2) is 0 Å². The van der Waals surface area contributed by atoms with E-state index in [2.05, 4.69) is 15.9 Å². The molecule has 0 aliphatic carbocycles. The molecule has 17 heavy (non-hydrogen) atoms. The standard InChI is InChI=1S/C13H13BrO2S/c1-9-2-3-12(10(6-9)7-15)16-8-13-11(14)4-5-17-13/h2-6,15H,7-8H2,1H3. The van der Waals surface area contributed by atoms with Crippen LogP contribution in [0.15, 0.2) is 34.1 Å². The number of thiophene rings is 1. The first kappa shape index (κ1) is 12.6. The highest BCUT2D eigenvalue weighted by molar-refractivity contribution is 9.10. The van der Waals surface area contributed by atoms with Crippen LogP contribution < -0.4 is 4.74 Å². The molecule has 90 valence electrons. The summed E-state index contributed by atoms with van der Waals surface area (Å²) in [5, 5.41) is 11.3. The minimum absolute atomic E-state index is 0.00260. The third kappa shape index (κ3) is 3.09. The van der Waals surface area contributed by atoms with E-state index in [9.17, 15) is 5.11 Å². The van der Waals surface area contributed by atoms with Gasteiger partial charge in [0.1, 0.15) is 12.4 Å². The summed E-state index contributed by atoms with van der Waals surface area (Å²) in [5.41, 5.74) is 1.95. The molecule has 0 aliphatic heterocycles. The molecule has 1 N–H and O–H groups in total. The van der Waals surface area contributed by atoms with Gasteiger partial charge in [-0.3, -0.25) is 0 Å². The fraction of sp³-hybridized carbons (Fsp3) is 0.231. The normalized spacial score (nSPS) is 10.5. The molecule has 1 heterocycles. The maximum absolute atomic E-state index is 9.27. The Labute approximate surface area is 113 Å².